The van der Waals surface area contributed by atoms with Crippen LogP contribution < -0.4 is 5.73 Å². The number of rotatable bonds is 5. The molecule has 0 amide bonds. The summed E-state index contributed by atoms with van der Waals surface area (Å²) in [7, 11) is 0. The molecule has 0 aliphatic carbocycles. The van der Waals surface area contributed by atoms with Gasteiger partial charge in [-0.25, -0.2) is 0 Å². The van der Waals surface area contributed by atoms with Crippen molar-refractivity contribution in [3.05, 3.63) is 34.3 Å². The molecular formula is C13H21BrClNO. The van der Waals surface area contributed by atoms with E-state index < -0.39 is 6.10 Å². The van der Waals surface area contributed by atoms with Crippen molar-refractivity contribution < 1.29 is 5.11 Å². The fourth-order valence-corrected chi connectivity index (χ4v) is 2.19. The van der Waals surface area contributed by atoms with Crippen LogP contribution in [0.3, 0.4) is 0 Å². The molecule has 2 atom stereocenters. The first kappa shape index (κ1) is 16.9. The topological polar surface area (TPSA) is 46.2 Å². The fourth-order valence-electron chi connectivity index (χ4n) is 1.64. The Kier molecular flexibility index (Phi) is 8.05. The molecule has 0 aliphatic heterocycles. The number of hydrogen-bond acceptors (Lipinski definition) is 2. The molecule has 4 heteroatoms. The molecule has 0 saturated carbocycles. The minimum Gasteiger partial charge on any atom is -0.391 e. The van der Waals surface area contributed by atoms with Crippen molar-refractivity contribution in [3.63, 3.8) is 0 Å². The summed E-state index contributed by atoms with van der Waals surface area (Å²) in [6, 6.07) is 7.47. The maximum Gasteiger partial charge on any atom is 0.0733 e. The zero-order chi connectivity index (χ0) is 12.1. The maximum absolute atomic E-state index is 10.00. The Labute approximate surface area is 118 Å². The van der Waals surface area contributed by atoms with Gasteiger partial charge in [0.25, 0.3) is 0 Å². The first-order valence-electron chi connectivity index (χ1n) is 5.70. The predicted octanol–water partition coefficient (Wildman–Crippen LogP) is 3.67. The number of aliphatic hydroxyl groups excluding tert-OH is 1. The first-order valence-corrected chi connectivity index (χ1v) is 6.49. The minimum atomic E-state index is -0.471. The van der Waals surface area contributed by atoms with Crippen molar-refractivity contribution in [1.29, 1.82) is 0 Å². The molecule has 0 spiro atoms. The lowest BCUT2D eigenvalue weighted by Gasteiger charge is -2.21. The summed E-state index contributed by atoms with van der Waals surface area (Å²) in [5, 5.41) is 10.00. The fraction of sp³-hybridized carbons (Fsp3) is 0.538. The normalized spacial score (nSPS) is 14.2. The van der Waals surface area contributed by atoms with Gasteiger partial charge in [-0.2, -0.15) is 0 Å². The van der Waals surface area contributed by atoms with Gasteiger partial charge in [0.2, 0.25) is 0 Å². The molecular weight excluding hydrogens is 302 g/mol. The van der Waals surface area contributed by atoms with Gasteiger partial charge in [0, 0.05) is 4.47 Å². The van der Waals surface area contributed by atoms with Crippen LogP contribution in [0.15, 0.2) is 28.7 Å². The van der Waals surface area contributed by atoms with Gasteiger partial charge in [-0.15, -0.1) is 12.4 Å². The highest BCUT2D eigenvalue weighted by atomic mass is 79.9. The molecule has 0 aromatic heterocycles. The van der Waals surface area contributed by atoms with Crippen LogP contribution in [0, 0.1) is 5.92 Å². The van der Waals surface area contributed by atoms with E-state index in [9.17, 15) is 5.11 Å². The van der Waals surface area contributed by atoms with Crippen LogP contribution in [-0.2, 0) is 0 Å². The summed E-state index contributed by atoms with van der Waals surface area (Å²) in [5.41, 5.74) is 7.02. The average molecular weight is 323 g/mol. The van der Waals surface area contributed by atoms with E-state index in [2.05, 4.69) is 29.8 Å². The van der Waals surface area contributed by atoms with Crippen LogP contribution in [0.4, 0.5) is 0 Å². The first-order chi connectivity index (χ1) is 7.52. The van der Waals surface area contributed by atoms with E-state index >= 15 is 0 Å². The summed E-state index contributed by atoms with van der Waals surface area (Å²) < 4.78 is 0.964. The third-order valence-corrected chi connectivity index (χ3v) is 3.44. The van der Waals surface area contributed by atoms with Gasteiger partial charge >= 0.3 is 0 Å². The van der Waals surface area contributed by atoms with Gasteiger partial charge < -0.3 is 10.8 Å². The minimum absolute atomic E-state index is 0. The standard InChI is InChI=1S/C13H20BrNO.ClH/c1-9(2)7-8-12(16)13(15)10-5-3-4-6-11(10)14;/h3-6,9,12-13,16H,7-8,15H2,1-2H3;1H/t12-,13+;/m1./s1. The van der Waals surface area contributed by atoms with E-state index in [1.54, 1.807) is 0 Å². The van der Waals surface area contributed by atoms with E-state index in [4.69, 9.17) is 5.73 Å². The smallest absolute Gasteiger partial charge is 0.0733 e. The highest BCUT2D eigenvalue weighted by Gasteiger charge is 2.18. The second kappa shape index (κ2) is 8.09. The molecule has 17 heavy (non-hydrogen) atoms. The average Bonchev–Trinajstić information content (AvgIpc) is 2.25. The van der Waals surface area contributed by atoms with Gasteiger partial charge in [-0.3, -0.25) is 0 Å². The van der Waals surface area contributed by atoms with Crippen molar-refractivity contribution in [3.8, 4) is 0 Å². The van der Waals surface area contributed by atoms with Crippen LogP contribution in [-0.4, -0.2) is 11.2 Å². The molecule has 98 valence electrons. The van der Waals surface area contributed by atoms with Crippen LogP contribution >= 0.6 is 28.3 Å². The molecule has 0 heterocycles. The third-order valence-electron chi connectivity index (χ3n) is 2.72. The molecule has 0 saturated heterocycles. The van der Waals surface area contributed by atoms with Crippen molar-refractivity contribution in [2.24, 2.45) is 11.7 Å². The Morgan fingerprint density at radius 1 is 1.24 bits per heavy atom. The molecule has 0 radical (unpaired) electrons. The van der Waals surface area contributed by atoms with Gasteiger partial charge in [-0.05, 0) is 30.4 Å². The second-order valence-corrected chi connectivity index (χ2v) is 5.44. The van der Waals surface area contributed by atoms with E-state index in [1.807, 2.05) is 24.3 Å². The van der Waals surface area contributed by atoms with Crippen molar-refractivity contribution in [1.82, 2.24) is 0 Å². The van der Waals surface area contributed by atoms with E-state index in [1.165, 1.54) is 0 Å². The van der Waals surface area contributed by atoms with Gasteiger partial charge in [0.1, 0.15) is 0 Å². The molecule has 1 aromatic carbocycles. The van der Waals surface area contributed by atoms with E-state index in [0.29, 0.717) is 5.92 Å². The largest absolute Gasteiger partial charge is 0.391 e. The Morgan fingerprint density at radius 3 is 2.35 bits per heavy atom. The third kappa shape index (κ3) is 5.38. The van der Waals surface area contributed by atoms with Gasteiger partial charge in [-0.1, -0.05) is 48.0 Å². The Hall–Kier alpha value is -0.0900. The monoisotopic (exact) mass is 321 g/mol. The van der Waals surface area contributed by atoms with Crippen molar-refractivity contribution >= 4 is 28.3 Å². The zero-order valence-electron chi connectivity index (χ0n) is 10.3. The summed E-state index contributed by atoms with van der Waals surface area (Å²) in [6.07, 6.45) is 1.28. The van der Waals surface area contributed by atoms with E-state index in [-0.39, 0.29) is 18.4 Å². The van der Waals surface area contributed by atoms with Crippen LogP contribution in [0.2, 0.25) is 0 Å². The lowest BCUT2D eigenvalue weighted by Crippen LogP contribution is -2.26. The summed E-state index contributed by atoms with van der Waals surface area (Å²) in [4.78, 5) is 0. The molecule has 3 N–H and O–H groups in total. The summed E-state index contributed by atoms with van der Waals surface area (Å²) in [5.74, 6) is 0.598. The quantitative estimate of drug-likeness (QED) is 0.869. The predicted molar refractivity (Wildman–Crippen MR) is 78.4 cm³/mol. The Bertz CT molecular complexity index is 333. The lowest BCUT2D eigenvalue weighted by atomic mass is 9.96. The van der Waals surface area contributed by atoms with Crippen LogP contribution in [0.1, 0.15) is 38.3 Å². The van der Waals surface area contributed by atoms with Crippen LogP contribution in [0.25, 0.3) is 0 Å². The SMILES string of the molecule is CC(C)CC[C@@H](O)[C@@H](N)c1ccccc1Br.Cl. The lowest BCUT2D eigenvalue weighted by molar-refractivity contribution is 0.128. The summed E-state index contributed by atoms with van der Waals surface area (Å²) in [6.45, 7) is 4.30. The number of hydrogen-bond donors (Lipinski definition) is 2. The van der Waals surface area contributed by atoms with Crippen molar-refractivity contribution in [2.45, 2.75) is 38.8 Å². The number of benzene rings is 1. The number of nitrogens with two attached hydrogens (primary N) is 1. The highest BCUT2D eigenvalue weighted by Crippen LogP contribution is 2.25. The highest BCUT2D eigenvalue weighted by molar-refractivity contribution is 9.10. The Balaban J connectivity index is 0.00000256. The van der Waals surface area contributed by atoms with Crippen LogP contribution in [0.5, 0.6) is 0 Å². The Morgan fingerprint density at radius 2 is 1.82 bits per heavy atom. The molecule has 0 bridgehead atoms. The molecule has 0 unspecified atom stereocenters. The molecule has 0 fully saturated rings. The maximum atomic E-state index is 10.00. The molecule has 1 rings (SSSR count). The molecule has 1 aromatic rings. The molecule has 2 nitrogen and oxygen atoms in total. The van der Waals surface area contributed by atoms with E-state index in [0.717, 1.165) is 22.9 Å². The van der Waals surface area contributed by atoms with Gasteiger partial charge in [0.15, 0.2) is 0 Å². The number of halogens is 2. The zero-order valence-corrected chi connectivity index (χ0v) is 12.7. The van der Waals surface area contributed by atoms with Crippen molar-refractivity contribution in [2.75, 3.05) is 0 Å². The number of aliphatic hydroxyl groups is 1. The second-order valence-electron chi connectivity index (χ2n) is 4.59. The molecule has 0 aliphatic rings. The summed E-state index contributed by atoms with van der Waals surface area (Å²) >= 11 is 3.45. The van der Waals surface area contributed by atoms with Gasteiger partial charge in [0.05, 0.1) is 12.1 Å².